The molecule has 1 unspecified atom stereocenters. The van der Waals surface area contributed by atoms with Gasteiger partial charge in [-0.2, -0.15) is 0 Å². The van der Waals surface area contributed by atoms with Crippen LogP contribution in [0, 0.1) is 0 Å². The largest absolute Gasteiger partial charge is 0.494 e. The van der Waals surface area contributed by atoms with Gasteiger partial charge in [0.15, 0.2) is 5.43 Å². The van der Waals surface area contributed by atoms with E-state index in [-0.39, 0.29) is 17.1 Å². The number of benzene rings is 2. The number of hydrogen-bond acceptors (Lipinski definition) is 5. The Morgan fingerprint density at radius 3 is 2.62 bits per heavy atom. The van der Waals surface area contributed by atoms with E-state index in [1.807, 2.05) is 31.2 Å². The van der Waals surface area contributed by atoms with Gasteiger partial charge in [0.05, 0.1) is 43.4 Å². The minimum atomic E-state index is -0.516. The minimum Gasteiger partial charge on any atom is -0.494 e. The first-order chi connectivity index (χ1) is 16.6. The van der Waals surface area contributed by atoms with Crippen LogP contribution in [0.5, 0.6) is 5.75 Å². The molecule has 1 saturated heterocycles. The molecule has 0 bridgehead atoms. The average Bonchev–Trinajstić information content (AvgIpc) is 3.13. The van der Waals surface area contributed by atoms with Gasteiger partial charge in [-0.1, -0.05) is 23.7 Å². The van der Waals surface area contributed by atoms with Crippen molar-refractivity contribution in [3.63, 3.8) is 0 Å². The van der Waals surface area contributed by atoms with Crippen molar-refractivity contribution in [2.24, 2.45) is 0 Å². The molecule has 34 heavy (non-hydrogen) atoms. The van der Waals surface area contributed by atoms with Crippen LogP contribution in [0.3, 0.4) is 0 Å². The van der Waals surface area contributed by atoms with Crippen molar-refractivity contribution in [1.29, 1.82) is 0 Å². The molecule has 8 heteroatoms. The molecule has 178 valence electrons. The summed E-state index contributed by atoms with van der Waals surface area (Å²) in [5.74, 6) is 0.618. The van der Waals surface area contributed by atoms with Gasteiger partial charge in [0.2, 0.25) is 5.76 Å². The SMILES string of the molecule is CCOc1ccc(C2c3c(oc4ccc(Cl)cc4c3=O)C(=O)N2CCC[NH+]2CCOCC2)cc1. The molecule has 1 fully saturated rings. The third-order valence-electron chi connectivity index (χ3n) is 6.56. The van der Waals surface area contributed by atoms with E-state index in [4.69, 9.17) is 25.5 Å². The predicted molar refractivity (Wildman–Crippen MR) is 129 cm³/mol. The predicted octanol–water partition coefficient (Wildman–Crippen LogP) is 2.70. The fourth-order valence-corrected chi connectivity index (χ4v) is 5.06. The smallest absolute Gasteiger partial charge is 0.290 e. The molecule has 1 atom stereocenters. The molecule has 3 heterocycles. The van der Waals surface area contributed by atoms with E-state index in [1.54, 1.807) is 23.1 Å². The van der Waals surface area contributed by atoms with E-state index < -0.39 is 6.04 Å². The lowest BCUT2D eigenvalue weighted by Crippen LogP contribution is -3.14. The highest BCUT2D eigenvalue weighted by Crippen LogP contribution is 2.38. The first kappa shape index (κ1) is 22.9. The van der Waals surface area contributed by atoms with Crippen molar-refractivity contribution in [3.8, 4) is 5.75 Å². The lowest BCUT2D eigenvalue weighted by Gasteiger charge is -2.27. The van der Waals surface area contributed by atoms with E-state index in [2.05, 4.69) is 0 Å². The number of fused-ring (bicyclic) bond motifs is 2. The summed E-state index contributed by atoms with van der Waals surface area (Å²) in [7, 11) is 0. The summed E-state index contributed by atoms with van der Waals surface area (Å²) in [5, 5.41) is 0.835. The topological polar surface area (TPSA) is 73.4 Å². The maximum absolute atomic E-state index is 13.6. The van der Waals surface area contributed by atoms with E-state index in [1.165, 1.54) is 4.90 Å². The molecule has 7 nitrogen and oxygen atoms in total. The fourth-order valence-electron chi connectivity index (χ4n) is 4.89. The summed E-state index contributed by atoms with van der Waals surface area (Å²) in [6.07, 6.45) is 0.822. The summed E-state index contributed by atoms with van der Waals surface area (Å²) in [5.41, 5.74) is 1.38. The summed E-state index contributed by atoms with van der Waals surface area (Å²) in [6.45, 7) is 7.46. The standard InChI is InChI=1S/C26H27ClN2O5/c1-2-33-19-7-4-17(5-8-19)23-22-24(30)20-16-18(27)6-9-21(20)34-25(22)26(31)29(23)11-3-10-28-12-14-32-15-13-28/h4-9,16,23H,2-3,10-15H2,1H3/p+1. The van der Waals surface area contributed by atoms with Gasteiger partial charge < -0.3 is 23.7 Å². The highest BCUT2D eigenvalue weighted by Gasteiger charge is 2.42. The number of amides is 1. The maximum Gasteiger partial charge on any atom is 0.290 e. The molecule has 5 rings (SSSR count). The van der Waals surface area contributed by atoms with E-state index >= 15 is 0 Å². The van der Waals surface area contributed by atoms with Crippen molar-refractivity contribution >= 4 is 28.5 Å². The van der Waals surface area contributed by atoms with Crippen LogP contribution < -0.4 is 15.1 Å². The number of ether oxygens (including phenoxy) is 2. The number of quaternary nitrogens is 1. The van der Waals surface area contributed by atoms with Crippen LogP contribution in [-0.4, -0.2) is 56.8 Å². The molecular formula is C26H28ClN2O5+. The zero-order valence-electron chi connectivity index (χ0n) is 19.1. The maximum atomic E-state index is 13.6. The van der Waals surface area contributed by atoms with Crippen LogP contribution in [0.4, 0.5) is 0 Å². The Morgan fingerprint density at radius 1 is 1.12 bits per heavy atom. The van der Waals surface area contributed by atoms with Gasteiger partial charge >= 0.3 is 0 Å². The van der Waals surface area contributed by atoms with Crippen LogP contribution in [-0.2, 0) is 4.74 Å². The number of halogens is 1. The number of morpholine rings is 1. The van der Waals surface area contributed by atoms with Crippen LogP contribution >= 0.6 is 11.6 Å². The van der Waals surface area contributed by atoms with Gasteiger partial charge in [-0.3, -0.25) is 9.59 Å². The number of hydrogen-bond donors (Lipinski definition) is 1. The minimum absolute atomic E-state index is 0.123. The lowest BCUT2D eigenvalue weighted by molar-refractivity contribution is -0.908. The second-order valence-electron chi connectivity index (χ2n) is 8.68. The molecule has 2 aromatic carbocycles. The summed E-state index contributed by atoms with van der Waals surface area (Å²) < 4.78 is 17.0. The molecular weight excluding hydrogens is 456 g/mol. The van der Waals surface area contributed by atoms with Crippen molar-refractivity contribution in [2.75, 3.05) is 46.0 Å². The highest BCUT2D eigenvalue weighted by molar-refractivity contribution is 6.31. The normalized spacial score (nSPS) is 18.5. The van der Waals surface area contributed by atoms with Gasteiger partial charge in [0.25, 0.3) is 5.91 Å². The van der Waals surface area contributed by atoms with Gasteiger partial charge in [-0.15, -0.1) is 0 Å². The quantitative estimate of drug-likeness (QED) is 0.559. The number of nitrogens with zero attached hydrogens (tertiary/aromatic N) is 1. The lowest BCUT2D eigenvalue weighted by atomic mass is 9.98. The van der Waals surface area contributed by atoms with Gasteiger partial charge in [-0.25, -0.2) is 0 Å². The Balaban J connectivity index is 1.52. The third-order valence-corrected chi connectivity index (χ3v) is 6.80. The third kappa shape index (κ3) is 4.31. The Hall–Kier alpha value is -2.87. The van der Waals surface area contributed by atoms with Crippen LogP contribution in [0.2, 0.25) is 5.02 Å². The molecule has 0 saturated carbocycles. The summed E-state index contributed by atoms with van der Waals surface area (Å²) >= 11 is 6.16. The zero-order valence-corrected chi connectivity index (χ0v) is 19.9. The molecule has 1 aromatic heterocycles. The van der Waals surface area contributed by atoms with Crippen molar-refractivity contribution in [2.45, 2.75) is 19.4 Å². The van der Waals surface area contributed by atoms with Crippen molar-refractivity contribution in [1.82, 2.24) is 4.90 Å². The second kappa shape index (κ2) is 9.78. The van der Waals surface area contributed by atoms with Crippen LogP contribution in [0.1, 0.15) is 41.1 Å². The van der Waals surface area contributed by atoms with Gasteiger partial charge in [0.1, 0.15) is 24.4 Å². The molecule has 1 amide bonds. The first-order valence-corrected chi connectivity index (χ1v) is 12.2. The molecule has 2 aliphatic rings. The van der Waals surface area contributed by atoms with Crippen LogP contribution in [0.15, 0.2) is 51.7 Å². The zero-order chi connectivity index (χ0) is 23.7. The van der Waals surface area contributed by atoms with Crippen LogP contribution in [0.25, 0.3) is 11.0 Å². The molecule has 0 aliphatic carbocycles. The molecule has 0 spiro atoms. The van der Waals surface area contributed by atoms with Crippen molar-refractivity contribution < 1.29 is 23.6 Å². The Labute approximate surface area is 202 Å². The fraction of sp³-hybridized carbons (Fsp3) is 0.385. The van der Waals surface area contributed by atoms with E-state index in [0.29, 0.717) is 34.7 Å². The Morgan fingerprint density at radius 2 is 1.88 bits per heavy atom. The number of carbonyl (C=O) groups is 1. The molecule has 1 N–H and O–H groups in total. The number of carbonyl (C=O) groups excluding carboxylic acids is 1. The van der Waals surface area contributed by atoms with E-state index in [9.17, 15) is 9.59 Å². The first-order valence-electron chi connectivity index (χ1n) is 11.8. The Bertz CT molecular complexity index is 1250. The van der Waals surface area contributed by atoms with Crippen molar-refractivity contribution in [3.05, 3.63) is 74.6 Å². The van der Waals surface area contributed by atoms with Gasteiger partial charge in [0, 0.05) is 18.0 Å². The highest BCUT2D eigenvalue weighted by atomic mass is 35.5. The summed E-state index contributed by atoms with van der Waals surface area (Å²) in [6, 6.07) is 12.0. The number of rotatable bonds is 7. The molecule has 3 aromatic rings. The molecule has 0 radical (unpaired) electrons. The second-order valence-corrected chi connectivity index (χ2v) is 9.12. The Kier molecular flexibility index (Phi) is 6.59. The molecule has 2 aliphatic heterocycles. The van der Waals surface area contributed by atoms with E-state index in [0.717, 1.165) is 50.6 Å². The summed E-state index contributed by atoms with van der Waals surface area (Å²) in [4.78, 5) is 30.4. The van der Waals surface area contributed by atoms with Gasteiger partial charge in [-0.05, 0) is 42.8 Å². The monoisotopic (exact) mass is 483 g/mol. The average molecular weight is 484 g/mol. The number of nitrogens with one attached hydrogen (secondary N) is 1.